The molecule has 3 aromatic rings. The van der Waals surface area contributed by atoms with Crippen LogP contribution < -0.4 is 5.32 Å². The molecular formula is C19H19N7O2. The molecule has 1 aromatic carbocycles. The van der Waals surface area contributed by atoms with E-state index in [9.17, 15) is 9.59 Å². The van der Waals surface area contributed by atoms with Crippen LogP contribution in [-0.4, -0.2) is 67.7 Å². The summed E-state index contributed by atoms with van der Waals surface area (Å²) in [5.41, 5.74) is 1.20. The summed E-state index contributed by atoms with van der Waals surface area (Å²) in [7, 11) is 0. The van der Waals surface area contributed by atoms with E-state index in [-0.39, 0.29) is 11.9 Å². The van der Waals surface area contributed by atoms with Crippen molar-refractivity contribution >= 4 is 17.6 Å². The standard InChI is InChI=1S/C19H19N7O2/c27-18(15-5-2-1-3-6-15)24-9-11-25(12-10-24)19(28)23-16-7-4-8-21-17(16)26-14-20-13-22-26/h1-8,13-14H,9-12H2,(H,23,28). The minimum atomic E-state index is -0.235. The summed E-state index contributed by atoms with van der Waals surface area (Å²) in [6.45, 7) is 1.90. The number of hydrogen-bond acceptors (Lipinski definition) is 5. The molecule has 1 N–H and O–H groups in total. The van der Waals surface area contributed by atoms with Gasteiger partial charge in [0, 0.05) is 37.9 Å². The van der Waals surface area contributed by atoms with E-state index in [1.807, 2.05) is 18.2 Å². The van der Waals surface area contributed by atoms with E-state index in [1.54, 1.807) is 40.3 Å². The Labute approximate surface area is 161 Å². The highest BCUT2D eigenvalue weighted by molar-refractivity contribution is 5.95. The summed E-state index contributed by atoms with van der Waals surface area (Å²) in [5, 5.41) is 6.94. The van der Waals surface area contributed by atoms with Crippen molar-refractivity contribution in [3.05, 3.63) is 66.9 Å². The minimum Gasteiger partial charge on any atom is -0.335 e. The first-order valence-corrected chi connectivity index (χ1v) is 8.92. The van der Waals surface area contributed by atoms with E-state index >= 15 is 0 Å². The van der Waals surface area contributed by atoms with Gasteiger partial charge in [0.15, 0.2) is 5.82 Å². The van der Waals surface area contributed by atoms with Gasteiger partial charge in [-0.1, -0.05) is 18.2 Å². The van der Waals surface area contributed by atoms with Crippen LogP contribution in [0.3, 0.4) is 0 Å². The monoisotopic (exact) mass is 377 g/mol. The first-order chi connectivity index (χ1) is 13.7. The number of amides is 3. The lowest BCUT2D eigenvalue weighted by Crippen LogP contribution is -2.51. The fourth-order valence-corrected chi connectivity index (χ4v) is 3.06. The predicted molar refractivity (Wildman–Crippen MR) is 102 cm³/mol. The van der Waals surface area contributed by atoms with Crippen molar-refractivity contribution in [2.75, 3.05) is 31.5 Å². The molecule has 4 rings (SSSR count). The van der Waals surface area contributed by atoms with Crippen LogP contribution in [0, 0.1) is 0 Å². The second kappa shape index (κ2) is 7.87. The molecule has 2 aromatic heterocycles. The van der Waals surface area contributed by atoms with Crippen LogP contribution in [0.25, 0.3) is 5.82 Å². The second-order valence-electron chi connectivity index (χ2n) is 6.29. The van der Waals surface area contributed by atoms with E-state index in [0.717, 1.165) is 0 Å². The maximum atomic E-state index is 12.7. The van der Waals surface area contributed by atoms with Crippen LogP contribution in [-0.2, 0) is 0 Å². The van der Waals surface area contributed by atoms with E-state index in [2.05, 4.69) is 20.4 Å². The molecule has 142 valence electrons. The third-order valence-corrected chi connectivity index (χ3v) is 4.54. The highest BCUT2D eigenvalue weighted by Gasteiger charge is 2.25. The van der Waals surface area contributed by atoms with Crippen LogP contribution >= 0.6 is 0 Å². The van der Waals surface area contributed by atoms with Gasteiger partial charge >= 0.3 is 6.03 Å². The number of carbonyl (C=O) groups excluding carboxylic acids is 2. The van der Waals surface area contributed by atoms with Crippen LogP contribution in [0.15, 0.2) is 61.3 Å². The number of rotatable bonds is 3. The minimum absolute atomic E-state index is 0.0126. The predicted octanol–water partition coefficient (Wildman–Crippen LogP) is 1.65. The Kier molecular flexibility index (Phi) is 4.96. The fraction of sp³-hybridized carbons (Fsp3) is 0.211. The average Bonchev–Trinajstić information content (AvgIpc) is 3.29. The zero-order valence-electron chi connectivity index (χ0n) is 15.1. The molecular weight excluding hydrogens is 358 g/mol. The van der Waals surface area contributed by atoms with E-state index in [4.69, 9.17) is 0 Å². The van der Waals surface area contributed by atoms with E-state index < -0.39 is 0 Å². The molecule has 3 heterocycles. The molecule has 1 aliphatic rings. The van der Waals surface area contributed by atoms with Gasteiger partial charge in [-0.05, 0) is 24.3 Å². The molecule has 9 heteroatoms. The van der Waals surface area contributed by atoms with E-state index in [0.29, 0.717) is 43.2 Å². The molecule has 0 unspecified atom stereocenters. The largest absolute Gasteiger partial charge is 0.335 e. The average molecular weight is 377 g/mol. The van der Waals surface area contributed by atoms with Crippen molar-refractivity contribution in [2.24, 2.45) is 0 Å². The summed E-state index contributed by atoms with van der Waals surface area (Å²) in [6.07, 6.45) is 4.55. The lowest BCUT2D eigenvalue weighted by Gasteiger charge is -2.34. The molecule has 0 radical (unpaired) electrons. The first-order valence-electron chi connectivity index (χ1n) is 8.92. The van der Waals surface area contributed by atoms with Gasteiger partial charge in [-0.2, -0.15) is 5.10 Å². The molecule has 28 heavy (non-hydrogen) atoms. The molecule has 1 saturated heterocycles. The Balaban J connectivity index is 1.38. The van der Waals surface area contributed by atoms with Crippen molar-refractivity contribution in [2.45, 2.75) is 0 Å². The number of piperazine rings is 1. The first kappa shape index (κ1) is 17.7. The van der Waals surface area contributed by atoms with Crippen LogP contribution in [0.2, 0.25) is 0 Å². The Bertz CT molecular complexity index is 951. The van der Waals surface area contributed by atoms with Gasteiger partial charge in [-0.3, -0.25) is 4.79 Å². The molecule has 3 amide bonds. The molecule has 0 atom stereocenters. The Morgan fingerprint density at radius 1 is 0.929 bits per heavy atom. The number of carbonyl (C=O) groups is 2. The zero-order chi connectivity index (χ0) is 19.3. The van der Waals surface area contributed by atoms with Gasteiger partial charge in [-0.25, -0.2) is 19.4 Å². The van der Waals surface area contributed by atoms with Gasteiger partial charge in [0.2, 0.25) is 0 Å². The maximum absolute atomic E-state index is 12.7. The summed E-state index contributed by atoms with van der Waals surface area (Å²) >= 11 is 0. The van der Waals surface area contributed by atoms with Gasteiger partial charge in [0.25, 0.3) is 5.91 Å². The quantitative estimate of drug-likeness (QED) is 0.749. The topological polar surface area (TPSA) is 96.2 Å². The van der Waals surface area contributed by atoms with Gasteiger partial charge < -0.3 is 15.1 Å². The number of benzene rings is 1. The summed E-state index contributed by atoms with van der Waals surface area (Å²) in [4.78, 5) is 36.8. The SMILES string of the molecule is O=C(Nc1cccnc1-n1cncn1)N1CCN(C(=O)c2ccccc2)CC1. The van der Waals surface area contributed by atoms with E-state index in [1.165, 1.54) is 17.3 Å². The smallest absolute Gasteiger partial charge is 0.322 e. The zero-order valence-corrected chi connectivity index (χ0v) is 15.1. The maximum Gasteiger partial charge on any atom is 0.322 e. The molecule has 1 aliphatic heterocycles. The normalized spacial score (nSPS) is 14.0. The molecule has 0 aliphatic carbocycles. The van der Waals surface area contributed by atoms with Crippen molar-refractivity contribution in [3.63, 3.8) is 0 Å². The number of pyridine rings is 1. The van der Waals surface area contributed by atoms with Gasteiger partial charge in [0.1, 0.15) is 12.7 Å². The van der Waals surface area contributed by atoms with Crippen LogP contribution in [0.5, 0.6) is 0 Å². The third-order valence-electron chi connectivity index (χ3n) is 4.54. The van der Waals surface area contributed by atoms with Crippen molar-refractivity contribution in [1.29, 1.82) is 0 Å². The lowest BCUT2D eigenvalue weighted by atomic mass is 10.2. The number of aromatic nitrogens is 4. The Morgan fingerprint density at radius 3 is 2.39 bits per heavy atom. The highest BCUT2D eigenvalue weighted by Crippen LogP contribution is 2.17. The van der Waals surface area contributed by atoms with Crippen molar-refractivity contribution < 1.29 is 9.59 Å². The Hall–Kier alpha value is -3.75. The molecule has 0 bridgehead atoms. The highest BCUT2D eigenvalue weighted by atomic mass is 16.2. The van der Waals surface area contributed by atoms with Crippen LogP contribution in [0.1, 0.15) is 10.4 Å². The van der Waals surface area contributed by atoms with Crippen molar-refractivity contribution in [1.82, 2.24) is 29.5 Å². The van der Waals surface area contributed by atoms with Gasteiger partial charge in [-0.15, -0.1) is 0 Å². The number of nitrogens with zero attached hydrogens (tertiary/aromatic N) is 6. The molecule has 0 saturated carbocycles. The molecule has 9 nitrogen and oxygen atoms in total. The summed E-state index contributed by atoms with van der Waals surface area (Å²) in [5.74, 6) is 0.479. The molecule has 1 fully saturated rings. The fourth-order valence-electron chi connectivity index (χ4n) is 3.06. The summed E-state index contributed by atoms with van der Waals surface area (Å²) < 4.78 is 1.49. The number of hydrogen-bond donors (Lipinski definition) is 1. The number of urea groups is 1. The molecule has 0 spiro atoms. The van der Waals surface area contributed by atoms with Crippen molar-refractivity contribution in [3.8, 4) is 5.82 Å². The lowest BCUT2D eigenvalue weighted by molar-refractivity contribution is 0.0671. The summed E-state index contributed by atoms with van der Waals surface area (Å²) in [6, 6.07) is 12.4. The Morgan fingerprint density at radius 2 is 1.68 bits per heavy atom. The second-order valence-corrected chi connectivity index (χ2v) is 6.29. The van der Waals surface area contributed by atoms with Crippen LogP contribution in [0.4, 0.5) is 10.5 Å². The number of nitrogens with one attached hydrogen (secondary N) is 1. The van der Waals surface area contributed by atoms with Gasteiger partial charge in [0.05, 0.1) is 5.69 Å². The number of anilines is 1. The third kappa shape index (κ3) is 3.68.